The predicted molar refractivity (Wildman–Crippen MR) is 73.4 cm³/mol. The molecule has 0 heterocycles. The van der Waals surface area contributed by atoms with Crippen LogP contribution in [0.15, 0.2) is 18.2 Å². The number of amides is 1. The van der Waals surface area contributed by atoms with Crippen LogP contribution in [0.1, 0.15) is 16.8 Å². The van der Waals surface area contributed by atoms with E-state index in [9.17, 15) is 4.79 Å². The number of benzene rings is 1. The van der Waals surface area contributed by atoms with Gasteiger partial charge in [-0.1, -0.05) is 27.5 Å². The maximum atomic E-state index is 12.1. The van der Waals surface area contributed by atoms with Crippen molar-refractivity contribution in [2.45, 2.75) is 6.42 Å². The van der Waals surface area contributed by atoms with Gasteiger partial charge in [0.25, 0.3) is 5.91 Å². The monoisotopic (exact) mass is 319 g/mol. The Balaban J connectivity index is 2.87. The lowest BCUT2D eigenvalue weighted by Gasteiger charge is -2.18. The maximum absolute atomic E-state index is 12.1. The zero-order valence-electron chi connectivity index (χ0n) is 9.87. The Hall–Kier alpha value is -0.740. The van der Waals surface area contributed by atoms with Crippen molar-refractivity contribution in [1.82, 2.24) is 4.90 Å². The fourth-order valence-electron chi connectivity index (χ4n) is 1.45. The van der Waals surface area contributed by atoms with E-state index < -0.39 is 0 Å². The third-order valence-corrected chi connectivity index (χ3v) is 3.16. The molecule has 0 aliphatic carbocycles. The summed E-state index contributed by atoms with van der Waals surface area (Å²) in [5.41, 5.74) is 0.536. The van der Waals surface area contributed by atoms with Gasteiger partial charge in [0.05, 0.1) is 12.7 Å². The van der Waals surface area contributed by atoms with E-state index in [2.05, 4.69) is 15.9 Å². The van der Waals surface area contributed by atoms with Crippen LogP contribution in [0, 0.1) is 0 Å². The summed E-state index contributed by atoms with van der Waals surface area (Å²) in [4.78, 5) is 13.8. The smallest absolute Gasteiger partial charge is 0.257 e. The first kappa shape index (κ1) is 14.3. The Morgan fingerprint density at radius 3 is 2.82 bits per heavy atom. The molecule has 0 atom stereocenters. The van der Waals surface area contributed by atoms with Crippen molar-refractivity contribution >= 4 is 33.4 Å². The summed E-state index contributed by atoms with van der Waals surface area (Å²) >= 11 is 9.19. The molecule has 0 saturated heterocycles. The number of methoxy groups -OCH3 is 1. The zero-order chi connectivity index (χ0) is 12.8. The average Bonchev–Trinajstić information content (AvgIpc) is 2.34. The number of rotatable bonds is 5. The fraction of sp³-hybridized carbons (Fsp3) is 0.417. The molecule has 1 rings (SSSR count). The van der Waals surface area contributed by atoms with Gasteiger partial charge in [0.15, 0.2) is 0 Å². The summed E-state index contributed by atoms with van der Waals surface area (Å²) in [6.07, 6.45) is 0.915. The lowest BCUT2D eigenvalue weighted by atomic mass is 10.1. The van der Waals surface area contributed by atoms with Crippen LogP contribution in [-0.4, -0.2) is 36.8 Å². The Morgan fingerprint density at radius 1 is 1.53 bits per heavy atom. The highest BCUT2D eigenvalue weighted by molar-refractivity contribution is 9.09. The summed E-state index contributed by atoms with van der Waals surface area (Å²) in [5.74, 6) is 0.452. The van der Waals surface area contributed by atoms with Gasteiger partial charge in [-0.2, -0.15) is 0 Å². The molecule has 0 spiro atoms. The van der Waals surface area contributed by atoms with Crippen LogP contribution < -0.4 is 4.74 Å². The van der Waals surface area contributed by atoms with Gasteiger partial charge in [0.1, 0.15) is 5.75 Å². The second kappa shape index (κ2) is 6.87. The number of hydrogen-bond donors (Lipinski definition) is 0. The number of nitrogens with zero attached hydrogens (tertiary/aromatic N) is 1. The molecule has 17 heavy (non-hydrogen) atoms. The van der Waals surface area contributed by atoms with E-state index in [-0.39, 0.29) is 5.91 Å². The van der Waals surface area contributed by atoms with Crippen molar-refractivity contribution in [3.05, 3.63) is 28.8 Å². The minimum Gasteiger partial charge on any atom is -0.496 e. The molecule has 0 aliphatic heterocycles. The van der Waals surface area contributed by atoms with E-state index in [4.69, 9.17) is 16.3 Å². The summed E-state index contributed by atoms with van der Waals surface area (Å²) in [6.45, 7) is 0.704. The van der Waals surface area contributed by atoms with Crippen molar-refractivity contribution in [2.75, 3.05) is 26.0 Å². The molecule has 1 aromatic carbocycles. The molecule has 0 aromatic heterocycles. The van der Waals surface area contributed by atoms with Crippen LogP contribution >= 0.6 is 27.5 Å². The van der Waals surface area contributed by atoms with Gasteiger partial charge in [-0.15, -0.1) is 0 Å². The van der Waals surface area contributed by atoms with E-state index in [1.54, 1.807) is 30.1 Å². The molecule has 0 saturated carbocycles. The van der Waals surface area contributed by atoms with Crippen LogP contribution in [0.3, 0.4) is 0 Å². The third kappa shape index (κ3) is 3.89. The SMILES string of the molecule is COc1cc(Cl)ccc1C(=O)N(C)CCCBr. The largest absolute Gasteiger partial charge is 0.496 e. The van der Waals surface area contributed by atoms with Crippen LogP contribution in [0.2, 0.25) is 5.02 Å². The molecule has 0 unspecified atom stereocenters. The first-order valence-corrected chi connectivity index (χ1v) is 6.75. The lowest BCUT2D eigenvalue weighted by molar-refractivity contribution is 0.0792. The zero-order valence-corrected chi connectivity index (χ0v) is 12.2. The topological polar surface area (TPSA) is 29.5 Å². The molecular formula is C12H15BrClNO2. The summed E-state index contributed by atoms with van der Waals surface area (Å²) in [5, 5.41) is 1.43. The number of carbonyl (C=O) groups excluding carboxylic acids is 1. The first-order valence-electron chi connectivity index (χ1n) is 5.25. The Bertz CT molecular complexity index is 398. The van der Waals surface area contributed by atoms with Crippen LogP contribution in [0.4, 0.5) is 0 Å². The molecule has 0 N–H and O–H groups in total. The van der Waals surface area contributed by atoms with Gasteiger partial charge in [-0.3, -0.25) is 4.79 Å². The van der Waals surface area contributed by atoms with Crippen LogP contribution in [0.25, 0.3) is 0 Å². The molecule has 0 aliphatic rings. The number of ether oxygens (including phenoxy) is 1. The molecule has 1 amide bonds. The van der Waals surface area contributed by atoms with Gasteiger partial charge >= 0.3 is 0 Å². The Kier molecular flexibility index (Phi) is 5.78. The molecule has 94 valence electrons. The molecule has 5 heteroatoms. The number of hydrogen-bond acceptors (Lipinski definition) is 2. The van der Waals surface area contributed by atoms with Crippen molar-refractivity contribution in [3.63, 3.8) is 0 Å². The van der Waals surface area contributed by atoms with Gasteiger partial charge in [-0.25, -0.2) is 0 Å². The van der Waals surface area contributed by atoms with Gasteiger partial charge in [0, 0.05) is 23.9 Å². The molecule has 1 aromatic rings. The highest BCUT2D eigenvalue weighted by atomic mass is 79.9. The highest BCUT2D eigenvalue weighted by Crippen LogP contribution is 2.24. The second-order valence-corrected chi connectivity index (χ2v) is 4.84. The minimum atomic E-state index is -0.0560. The normalized spacial score (nSPS) is 10.1. The Morgan fingerprint density at radius 2 is 2.24 bits per heavy atom. The van der Waals surface area contributed by atoms with Crippen molar-refractivity contribution in [2.24, 2.45) is 0 Å². The quantitative estimate of drug-likeness (QED) is 0.780. The van der Waals surface area contributed by atoms with Crippen LogP contribution in [-0.2, 0) is 0 Å². The molecule has 0 fully saturated rings. The predicted octanol–water partition coefficient (Wildman–Crippen LogP) is 3.21. The van der Waals surface area contributed by atoms with Crippen molar-refractivity contribution < 1.29 is 9.53 Å². The number of halogens is 2. The van der Waals surface area contributed by atoms with E-state index in [1.807, 2.05) is 0 Å². The lowest BCUT2D eigenvalue weighted by Crippen LogP contribution is -2.28. The first-order chi connectivity index (χ1) is 8.10. The highest BCUT2D eigenvalue weighted by Gasteiger charge is 2.16. The standard InChI is InChI=1S/C12H15BrClNO2/c1-15(7-3-6-13)12(16)10-5-4-9(14)8-11(10)17-2/h4-5,8H,3,6-7H2,1-2H3. The summed E-state index contributed by atoms with van der Waals surface area (Å²) in [7, 11) is 3.31. The van der Waals surface area contributed by atoms with E-state index in [0.29, 0.717) is 22.9 Å². The molecular weight excluding hydrogens is 305 g/mol. The second-order valence-electron chi connectivity index (χ2n) is 3.61. The molecule has 0 bridgehead atoms. The summed E-state index contributed by atoms with van der Waals surface area (Å²) < 4.78 is 5.16. The summed E-state index contributed by atoms with van der Waals surface area (Å²) in [6, 6.07) is 5.02. The number of carbonyl (C=O) groups is 1. The minimum absolute atomic E-state index is 0.0560. The van der Waals surface area contributed by atoms with E-state index >= 15 is 0 Å². The van der Waals surface area contributed by atoms with Gasteiger partial charge < -0.3 is 9.64 Å². The van der Waals surface area contributed by atoms with E-state index in [0.717, 1.165) is 11.8 Å². The van der Waals surface area contributed by atoms with Gasteiger partial charge in [0.2, 0.25) is 0 Å². The third-order valence-electron chi connectivity index (χ3n) is 2.37. The Labute approximate surface area is 115 Å². The van der Waals surface area contributed by atoms with Crippen molar-refractivity contribution in [3.8, 4) is 5.75 Å². The van der Waals surface area contributed by atoms with E-state index in [1.165, 1.54) is 7.11 Å². The van der Waals surface area contributed by atoms with Crippen LogP contribution in [0.5, 0.6) is 5.75 Å². The van der Waals surface area contributed by atoms with Gasteiger partial charge in [-0.05, 0) is 24.6 Å². The number of alkyl halides is 1. The maximum Gasteiger partial charge on any atom is 0.257 e. The fourth-order valence-corrected chi connectivity index (χ4v) is 1.86. The van der Waals surface area contributed by atoms with Crippen molar-refractivity contribution in [1.29, 1.82) is 0 Å². The average molecular weight is 321 g/mol. The molecule has 0 radical (unpaired) electrons. The molecule has 3 nitrogen and oxygen atoms in total.